The molecular weight excluding hydrogens is 506 g/mol. The molecule has 2 unspecified atom stereocenters. The van der Waals surface area contributed by atoms with Crippen molar-refractivity contribution in [2.45, 2.75) is 45.4 Å². The maximum absolute atomic E-state index is 15.1. The molecule has 0 radical (unpaired) electrons. The molecule has 7 nitrogen and oxygen atoms in total. The summed E-state index contributed by atoms with van der Waals surface area (Å²) in [7, 11) is 0. The van der Waals surface area contributed by atoms with E-state index < -0.39 is 24.1 Å². The molecule has 2 atom stereocenters. The number of alkyl halides is 1. The minimum Gasteiger partial charge on any atom is -0.478 e. The van der Waals surface area contributed by atoms with Crippen molar-refractivity contribution in [1.29, 1.82) is 0 Å². The summed E-state index contributed by atoms with van der Waals surface area (Å²) in [6, 6.07) is 9.95. The molecule has 0 aliphatic heterocycles. The molecule has 2 aromatic carbocycles. The lowest BCUT2D eigenvalue weighted by Gasteiger charge is -2.17. The Morgan fingerprint density at radius 1 is 1.22 bits per heavy atom. The summed E-state index contributed by atoms with van der Waals surface area (Å²) in [6.07, 6.45) is 1.96. The van der Waals surface area contributed by atoms with Gasteiger partial charge in [-0.1, -0.05) is 24.4 Å². The molecule has 4 rings (SSSR count). The number of nitrogens with zero attached hydrogens (tertiary/aromatic N) is 1. The molecule has 1 aromatic heterocycles. The lowest BCUT2D eigenvalue weighted by atomic mass is 9.93. The van der Waals surface area contributed by atoms with Gasteiger partial charge < -0.3 is 15.2 Å². The van der Waals surface area contributed by atoms with Crippen molar-refractivity contribution in [1.82, 2.24) is 0 Å². The van der Waals surface area contributed by atoms with Crippen molar-refractivity contribution in [3.63, 3.8) is 0 Å². The van der Waals surface area contributed by atoms with Crippen molar-refractivity contribution in [3.8, 4) is 16.9 Å². The fraction of sp³-hybridized carbons (Fsp3) is 0.296. The molecule has 1 fully saturated rings. The number of rotatable bonds is 9. The van der Waals surface area contributed by atoms with Gasteiger partial charge in [-0.15, -0.1) is 0 Å². The largest absolute Gasteiger partial charge is 0.478 e. The minimum absolute atomic E-state index is 0.0789. The molecule has 3 aromatic rings. The standard InChI is InChI=1S/C27H25ClF2N2O5/c1-14-11-22(32(36)13-20(14)24-23(37-15(2)29)10-9-21(28)25(24)30)19(12-16-3-4-16)26(33)31-18-7-5-17(6-8-18)27(34)35/h5-11,13,15-16,19H,3-4,12H2,1-2H3,(H2-,31,33,34,35,36)/p+1. The van der Waals surface area contributed by atoms with Crippen LogP contribution in [0.2, 0.25) is 5.02 Å². The van der Waals surface area contributed by atoms with E-state index in [-0.39, 0.29) is 39.1 Å². The topological polar surface area (TPSA) is 99.7 Å². The molecule has 3 N–H and O–H groups in total. The third-order valence-electron chi connectivity index (χ3n) is 6.26. The summed E-state index contributed by atoms with van der Waals surface area (Å²) in [6.45, 7) is 2.84. The van der Waals surface area contributed by atoms with Gasteiger partial charge in [-0.2, -0.15) is 0 Å². The number of amides is 1. The average Bonchev–Trinajstić information content (AvgIpc) is 3.66. The van der Waals surface area contributed by atoms with Crippen LogP contribution in [0.4, 0.5) is 14.5 Å². The molecule has 0 spiro atoms. The highest BCUT2D eigenvalue weighted by atomic mass is 35.5. The molecule has 194 valence electrons. The fourth-order valence-electron chi connectivity index (χ4n) is 4.22. The number of hydrogen-bond donors (Lipinski definition) is 3. The van der Waals surface area contributed by atoms with Crippen molar-refractivity contribution in [3.05, 3.63) is 76.3 Å². The Bertz CT molecular complexity index is 1340. The normalized spacial score (nSPS) is 14.6. The highest BCUT2D eigenvalue weighted by molar-refractivity contribution is 6.31. The van der Waals surface area contributed by atoms with E-state index in [2.05, 4.69) is 5.32 Å². The number of aromatic carboxylic acids is 1. The van der Waals surface area contributed by atoms with Crippen LogP contribution in [0.25, 0.3) is 11.1 Å². The van der Waals surface area contributed by atoms with E-state index in [1.54, 1.807) is 13.0 Å². The highest BCUT2D eigenvalue weighted by Gasteiger charge is 2.37. The van der Waals surface area contributed by atoms with Crippen LogP contribution in [-0.4, -0.2) is 28.5 Å². The van der Waals surface area contributed by atoms with Crippen molar-refractivity contribution < 1.29 is 38.2 Å². The number of aromatic nitrogens is 1. The van der Waals surface area contributed by atoms with E-state index in [1.165, 1.54) is 42.6 Å². The third-order valence-corrected chi connectivity index (χ3v) is 6.55. The van der Waals surface area contributed by atoms with Gasteiger partial charge in [0, 0.05) is 23.4 Å². The Hall–Kier alpha value is -3.72. The van der Waals surface area contributed by atoms with E-state index in [9.17, 15) is 19.2 Å². The summed E-state index contributed by atoms with van der Waals surface area (Å²) >= 11 is 5.98. The fourth-order valence-corrected chi connectivity index (χ4v) is 4.38. The summed E-state index contributed by atoms with van der Waals surface area (Å²) in [5.41, 5.74) is 1.42. The van der Waals surface area contributed by atoms with Crippen LogP contribution in [0.1, 0.15) is 53.7 Å². The average molecular weight is 532 g/mol. The summed E-state index contributed by atoms with van der Waals surface area (Å²) in [5.74, 6) is -2.78. The monoisotopic (exact) mass is 531 g/mol. The minimum atomic E-state index is -1.71. The van der Waals surface area contributed by atoms with Crippen LogP contribution in [0.5, 0.6) is 5.75 Å². The van der Waals surface area contributed by atoms with Crippen LogP contribution >= 0.6 is 11.6 Å². The van der Waals surface area contributed by atoms with Gasteiger partial charge >= 0.3 is 5.97 Å². The van der Waals surface area contributed by atoms with Crippen LogP contribution in [0.15, 0.2) is 48.7 Å². The van der Waals surface area contributed by atoms with E-state index in [0.717, 1.165) is 24.5 Å². The Kier molecular flexibility index (Phi) is 7.63. The number of carbonyl (C=O) groups is 2. The molecule has 10 heteroatoms. The van der Waals surface area contributed by atoms with Gasteiger partial charge in [0.2, 0.25) is 24.2 Å². The van der Waals surface area contributed by atoms with Crippen LogP contribution < -0.4 is 14.8 Å². The molecule has 1 saturated carbocycles. The summed E-state index contributed by atoms with van der Waals surface area (Å²) in [5, 5.41) is 22.6. The van der Waals surface area contributed by atoms with Crippen molar-refractivity contribution >= 4 is 29.2 Å². The molecule has 0 bridgehead atoms. The summed E-state index contributed by atoms with van der Waals surface area (Å²) in [4.78, 5) is 24.4. The molecular formula is C27H26ClF2N2O5+. The molecule has 37 heavy (non-hydrogen) atoms. The van der Waals surface area contributed by atoms with Gasteiger partial charge in [0.15, 0.2) is 5.82 Å². The second-order valence-electron chi connectivity index (χ2n) is 9.14. The number of carbonyl (C=O) groups excluding carboxylic acids is 1. The first-order valence-electron chi connectivity index (χ1n) is 11.7. The van der Waals surface area contributed by atoms with Crippen molar-refractivity contribution in [2.24, 2.45) is 5.92 Å². The first-order chi connectivity index (χ1) is 17.5. The Balaban J connectivity index is 1.70. The van der Waals surface area contributed by atoms with Crippen molar-refractivity contribution in [2.75, 3.05) is 5.32 Å². The number of pyridine rings is 1. The molecule has 0 saturated heterocycles. The summed E-state index contributed by atoms with van der Waals surface area (Å²) < 4.78 is 34.6. The Labute approximate surface area is 217 Å². The highest BCUT2D eigenvalue weighted by Crippen LogP contribution is 2.41. The Morgan fingerprint density at radius 3 is 2.49 bits per heavy atom. The zero-order valence-electron chi connectivity index (χ0n) is 20.2. The quantitative estimate of drug-likeness (QED) is 0.236. The SMILES string of the molecule is Cc1cc(C(CC2CC2)C(=O)Nc2ccc(C(=O)O)cc2)[n+](O)cc1-c1c(OC(C)F)ccc(Cl)c1F. The first-order valence-corrected chi connectivity index (χ1v) is 12.1. The predicted molar refractivity (Wildman–Crippen MR) is 132 cm³/mol. The van der Waals surface area contributed by atoms with E-state index in [4.69, 9.17) is 21.4 Å². The second-order valence-corrected chi connectivity index (χ2v) is 9.55. The molecule has 1 aliphatic carbocycles. The van der Waals surface area contributed by atoms with Gasteiger partial charge in [0.05, 0.1) is 21.7 Å². The number of anilines is 1. The van der Waals surface area contributed by atoms with E-state index in [1.807, 2.05) is 0 Å². The van der Waals surface area contributed by atoms with Gasteiger partial charge in [-0.25, -0.2) is 13.6 Å². The number of hydrogen-bond acceptors (Lipinski definition) is 4. The number of carboxylic acid groups (broad SMARTS) is 1. The number of carboxylic acids is 1. The number of halogens is 3. The zero-order chi connectivity index (χ0) is 26.9. The molecule has 1 heterocycles. The number of benzene rings is 2. The number of aryl methyl sites for hydroxylation is 1. The molecule has 1 aliphatic rings. The van der Waals surface area contributed by atoms with Crippen LogP contribution in [0, 0.1) is 18.7 Å². The number of ether oxygens (including phenoxy) is 1. The van der Waals surface area contributed by atoms with Gasteiger partial charge in [-0.05, 0) is 61.2 Å². The van der Waals surface area contributed by atoms with Gasteiger partial charge in [-0.3, -0.25) is 10.0 Å². The van der Waals surface area contributed by atoms with Gasteiger partial charge in [0.1, 0.15) is 11.7 Å². The van der Waals surface area contributed by atoms with Gasteiger partial charge in [0.25, 0.3) is 0 Å². The predicted octanol–water partition coefficient (Wildman–Crippen LogP) is 5.89. The first kappa shape index (κ1) is 26.3. The number of nitrogens with one attached hydrogen (secondary N) is 1. The zero-order valence-corrected chi connectivity index (χ0v) is 20.9. The van der Waals surface area contributed by atoms with Crippen LogP contribution in [0.3, 0.4) is 0 Å². The van der Waals surface area contributed by atoms with E-state index in [0.29, 0.717) is 23.6 Å². The smallest absolute Gasteiger partial charge is 0.335 e. The van der Waals surface area contributed by atoms with Crippen LogP contribution in [-0.2, 0) is 4.79 Å². The van der Waals surface area contributed by atoms with E-state index >= 15 is 4.39 Å². The maximum atomic E-state index is 15.1. The third kappa shape index (κ3) is 5.99. The maximum Gasteiger partial charge on any atom is 0.335 e. The second kappa shape index (κ2) is 10.7. The lowest BCUT2D eigenvalue weighted by Crippen LogP contribution is -2.40. The lowest BCUT2D eigenvalue weighted by molar-refractivity contribution is -0.909. The molecule has 1 amide bonds. The Morgan fingerprint density at radius 2 is 1.89 bits per heavy atom.